The number of rotatable bonds is 7. The Hall–Kier alpha value is -2.39. The van der Waals surface area contributed by atoms with E-state index in [2.05, 4.69) is 15.1 Å². The molecule has 1 aliphatic rings. The summed E-state index contributed by atoms with van der Waals surface area (Å²) >= 11 is 0. The molecule has 0 aromatic carbocycles. The van der Waals surface area contributed by atoms with Gasteiger partial charge in [-0.2, -0.15) is 5.10 Å². The lowest BCUT2D eigenvalue weighted by molar-refractivity contribution is 0.0230. The first-order valence-corrected chi connectivity index (χ1v) is 12.0. The molecular formula is C22H30N5O5P. The molecule has 0 bridgehead atoms. The van der Waals surface area contributed by atoms with Crippen molar-refractivity contribution in [3.8, 4) is 11.3 Å². The third-order valence-corrected chi connectivity index (χ3v) is 6.39. The maximum absolute atomic E-state index is 12.7. The van der Waals surface area contributed by atoms with E-state index >= 15 is 0 Å². The van der Waals surface area contributed by atoms with Gasteiger partial charge in [0, 0.05) is 23.9 Å². The molecule has 4 rings (SSSR count). The molecule has 3 heterocycles. The van der Waals surface area contributed by atoms with Crippen LogP contribution in [0.3, 0.4) is 0 Å². The van der Waals surface area contributed by atoms with Crippen molar-refractivity contribution in [2.45, 2.75) is 78.2 Å². The number of H-pyrrole nitrogens is 1. The maximum atomic E-state index is 12.7. The van der Waals surface area contributed by atoms with Gasteiger partial charge in [0.05, 0.1) is 28.7 Å². The number of aromatic nitrogens is 5. The molecule has 1 fully saturated rings. The van der Waals surface area contributed by atoms with E-state index in [1.807, 2.05) is 47.6 Å². The second kappa shape index (κ2) is 8.76. The van der Waals surface area contributed by atoms with Gasteiger partial charge >= 0.3 is 14.3 Å². The Labute approximate surface area is 192 Å². The standard InChI is InChI=1S/C22H30N5O5P/c1-21(2,3)31-33(32-22(4,5)6)30-13-26-12-15(19(28)25-20(26)29)16-11-17(14-7-8-14)27-18(24-16)9-10-23-27/h9-12,14H,7-8,13H2,1-6H3,(H,25,28,29). The highest BCUT2D eigenvalue weighted by molar-refractivity contribution is 7.41. The Morgan fingerprint density at radius 2 is 1.79 bits per heavy atom. The predicted molar refractivity (Wildman–Crippen MR) is 125 cm³/mol. The Kier molecular flexibility index (Phi) is 6.30. The van der Waals surface area contributed by atoms with Crippen molar-refractivity contribution in [2.75, 3.05) is 0 Å². The molecule has 3 aromatic heterocycles. The van der Waals surface area contributed by atoms with Crippen LogP contribution in [-0.2, 0) is 20.3 Å². The minimum Gasteiger partial charge on any atom is -0.306 e. The van der Waals surface area contributed by atoms with Crippen LogP contribution in [0.25, 0.3) is 16.9 Å². The summed E-state index contributed by atoms with van der Waals surface area (Å²) in [6.45, 7) is 11.3. The average Bonchev–Trinajstić information content (AvgIpc) is 3.41. The number of hydrogen-bond acceptors (Lipinski definition) is 7. The van der Waals surface area contributed by atoms with Crippen molar-refractivity contribution in [1.82, 2.24) is 24.1 Å². The van der Waals surface area contributed by atoms with Crippen LogP contribution in [0.2, 0.25) is 0 Å². The molecule has 0 amide bonds. The van der Waals surface area contributed by atoms with Crippen LogP contribution < -0.4 is 11.2 Å². The van der Waals surface area contributed by atoms with Gasteiger partial charge in [0.25, 0.3) is 5.56 Å². The van der Waals surface area contributed by atoms with Crippen LogP contribution in [0.5, 0.6) is 0 Å². The van der Waals surface area contributed by atoms with E-state index in [0.29, 0.717) is 17.3 Å². The molecule has 178 valence electrons. The molecule has 0 radical (unpaired) electrons. The topological polar surface area (TPSA) is 113 Å². The fraction of sp³-hybridized carbons (Fsp3) is 0.545. The monoisotopic (exact) mass is 475 g/mol. The van der Waals surface area contributed by atoms with E-state index in [1.54, 1.807) is 16.8 Å². The summed E-state index contributed by atoms with van der Waals surface area (Å²) in [5.41, 5.74) is 0.341. The van der Waals surface area contributed by atoms with E-state index in [9.17, 15) is 9.59 Å². The van der Waals surface area contributed by atoms with Gasteiger partial charge in [-0.1, -0.05) is 0 Å². The highest BCUT2D eigenvalue weighted by Crippen LogP contribution is 2.47. The van der Waals surface area contributed by atoms with Gasteiger partial charge in [-0.3, -0.25) is 18.9 Å². The van der Waals surface area contributed by atoms with Crippen LogP contribution in [0.15, 0.2) is 34.1 Å². The summed E-state index contributed by atoms with van der Waals surface area (Å²) in [4.78, 5) is 32.1. The SMILES string of the molecule is CC(C)(C)OP(OCn1cc(-c2cc(C3CC3)n3nccc3n2)c(=O)[nH]c1=O)OC(C)(C)C. The second-order valence-corrected chi connectivity index (χ2v) is 11.2. The molecular weight excluding hydrogens is 445 g/mol. The van der Waals surface area contributed by atoms with Crippen molar-refractivity contribution >= 4 is 14.2 Å². The molecule has 10 nitrogen and oxygen atoms in total. The highest BCUT2D eigenvalue weighted by atomic mass is 31.2. The zero-order valence-corrected chi connectivity index (χ0v) is 20.7. The third-order valence-electron chi connectivity index (χ3n) is 4.67. The van der Waals surface area contributed by atoms with Gasteiger partial charge in [-0.05, 0) is 60.5 Å². The Morgan fingerprint density at radius 3 is 2.39 bits per heavy atom. The first kappa shape index (κ1) is 23.8. The predicted octanol–water partition coefficient (Wildman–Crippen LogP) is 3.95. The molecule has 1 N–H and O–H groups in total. The number of nitrogens with one attached hydrogen (secondary N) is 1. The van der Waals surface area contributed by atoms with Gasteiger partial charge in [0.15, 0.2) is 5.65 Å². The maximum Gasteiger partial charge on any atom is 0.335 e. The molecule has 1 aliphatic carbocycles. The van der Waals surface area contributed by atoms with E-state index in [1.165, 1.54) is 10.8 Å². The lowest BCUT2D eigenvalue weighted by Gasteiger charge is -2.30. The largest absolute Gasteiger partial charge is 0.335 e. The van der Waals surface area contributed by atoms with Gasteiger partial charge in [-0.15, -0.1) is 0 Å². The summed E-state index contributed by atoms with van der Waals surface area (Å²) < 4.78 is 20.8. The first-order chi connectivity index (χ1) is 15.4. The smallest absolute Gasteiger partial charge is 0.306 e. The van der Waals surface area contributed by atoms with E-state index in [0.717, 1.165) is 18.5 Å². The summed E-state index contributed by atoms with van der Waals surface area (Å²) in [5, 5.41) is 4.34. The minimum absolute atomic E-state index is 0.148. The summed E-state index contributed by atoms with van der Waals surface area (Å²) in [6, 6.07) is 3.67. The minimum atomic E-state index is -1.75. The zero-order chi connectivity index (χ0) is 24.0. The molecule has 0 atom stereocenters. The Morgan fingerprint density at radius 1 is 1.12 bits per heavy atom. The summed E-state index contributed by atoms with van der Waals surface area (Å²) in [5.74, 6) is 0.398. The van der Waals surface area contributed by atoms with Crippen LogP contribution in [-0.4, -0.2) is 35.4 Å². The third kappa shape index (κ3) is 5.95. The Bertz CT molecular complexity index is 1250. The molecule has 0 spiro atoms. The van der Waals surface area contributed by atoms with Gasteiger partial charge in [-0.25, -0.2) is 14.3 Å². The van der Waals surface area contributed by atoms with E-state index < -0.39 is 31.1 Å². The number of aromatic amines is 1. The second-order valence-electron chi connectivity index (χ2n) is 10.1. The fourth-order valence-electron chi connectivity index (χ4n) is 3.16. The molecule has 0 aliphatic heterocycles. The van der Waals surface area contributed by atoms with Gasteiger partial charge in [0.1, 0.15) is 6.73 Å². The van der Waals surface area contributed by atoms with Gasteiger partial charge in [0.2, 0.25) is 0 Å². The zero-order valence-electron chi connectivity index (χ0n) is 19.8. The molecule has 0 unspecified atom stereocenters. The Balaban J connectivity index is 1.64. The van der Waals surface area contributed by atoms with Crippen LogP contribution in [0.4, 0.5) is 0 Å². The van der Waals surface area contributed by atoms with Crippen LogP contribution >= 0.6 is 8.60 Å². The molecule has 11 heteroatoms. The van der Waals surface area contributed by atoms with Crippen molar-refractivity contribution in [3.05, 3.63) is 51.1 Å². The van der Waals surface area contributed by atoms with Crippen LogP contribution in [0.1, 0.15) is 66.0 Å². The van der Waals surface area contributed by atoms with Gasteiger partial charge < -0.3 is 9.05 Å². The molecule has 1 saturated carbocycles. The van der Waals surface area contributed by atoms with Crippen LogP contribution in [0, 0.1) is 0 Å². The van der Waals surface area contributed by atoms with Crippen molar-refractivity contribution < 1.29 is 13.6 Å². The lowest BCUT2D eigenvalue weighted by atomic mass is 10.1. The number of fused-ring (bicyclic) bond motifs is 1. The first-order valence-electron chi connectivity index (χ1n) is 10.9. The highest BCUT2D eigenvalue weighted by Gasteiger charge is 2.29. The van der Waals surface area contributed by atoms with Crippen molar-refractivity contribution in [3.63, 3.8) is 0 Å². The van der Waals surface area contributed by atoms with Crippen molar-refractivity contribution in [2.24, 2.45) is 0 Å². The van der Waals surface area contributed by atoms with E-state index in [4.69, 9.17) is 13.6 Å². The van der Waals surface area contributed by atoms with Crippen molar-refractivity contribution in [1.29, 1.82) is 0 Å². The quantitative estimate of drug-likeness (QED) is 0.515. The van der Waals surface area contributed by atoms with E-state index in [-0.39, 0.29) is 12.3 Å². The number of nitrogens with zero attached hydrogens (tertiary/aromatic N) is 4. The normalized spacial score (nSPS) is 15.0. The lowest BCUT2D eigenvalue weighted by Crippen LogP contribution is -2.31. The molecule has 0 saturated heterocycles. The molecule has 33 heavy (non-hydrogen) atoms. The average molecular weight is 475 g/mol. The fourth-order valence-corrected chi connectivity index (χ4v) is 4.42. The summed E-state index contributed by atoms with van der Waals surface area (Å²) in [6.07, 6.45) is 5.30. The number of hydrogen-bond donors (Lipinski definition) is 1. The summed E-state index contributed by atoms with van der Waals surface area (Å²) in [7, 11) is -1.75. The molecule has 3 aromatic rings.